The monoisotopic (exact) mass is 338 g/mol. The number of aryl methyl sites for hydroxylation is 1. The van der Waals surface area contributed by atoms with E-state index in [1.165, 1.54) is 15.2 Å². The highest BCUT2D eigenvalue weighted by atomic mass is 32.1. The molecule has 0 aliphatic heterocycles. The Kier molecular flexibility index (Phi) is 4.86. The molecular weight excluding hydrogens is 316 g/mol. The van der Waals surface area contributed by atoms with Crippen LogP contribution in [0.1, 0.15) is 34.8 Å². The predicted molar refractivity (Wildman–Crippen MR) is 102 cm³/mol. The van der Waals surface area contributed by atoms with E-state index in [0.29, 0.717) is 6.54 Å². The van der Waals surface area contributed by atoms with Crippen LogP contribution in [0.15, 0.2) is 54.1 Å². The highest BCUT2D eigenvalue weighted by molar-refractivity contribution is 7.19. The molecule has 2 aromatic heterocycles. The Labute approximate surface area is 146 Å². The third kappa shape index (κ3) is 3.60. The van der Waals surface area contributed by atoms with Crippen LogP contribution < -0.4 is 5.32 Å². The summed E-state index contributed by atoms with van der Waals surface area (Å²) >= 11 is 1.73. The fraction of sp³-hybridized carbons (Fsp3) is 0.250. The molecule has 0 aliphatic carbocycles. The molecule has 2 heterocycles. The van der Waals surface area contributed by atoms with Crippen molar-refractivity contribution in [1.82, 2.24) is 9.88 Å². The maximum Gasteiger partial charge on any atom is 0.268 e. The minimum atomic E-state index is -0.0259. The van der Waals surface area contributed by atoms with Gasteiger partial charge in [-0.1, -0.05) is 42.0 Å². The Morgan fingerprint density at radius 1 is 1.21 bits per heavy atom. The van der Waals surface area contributed by atoms with Gasteiger partial charge in [0.1, 0.15) is 5.69 Å². The van der Waals surface area contributed by atoms with Gasteiger partial charge in [0, 0.05) is 18.0 Å². The van der Waals surface area contributed by atoms with Crippen LogP contribution in [0.2, 0.25) is 0 Å². The van der Waals surface area contributed by atoms with Gasteiger partial charge in [-0.3, -0.25) is 4.79 Å². The summed E-state index contributed by atoms with van der Waals surface area (Å²) in [4.78, 5) is 14.0. The maximum atomic E-state index is 12.7. The van der Waals surface area contributed by atoms with Gasteiger partial charge in [0.25, 0.3) is 5.91 Å². The summed E-state index contributed by atoms with van der Waals surface area (Å²) in [6.45, 7) is 7.52. The molecule has 3 nitrogen and oxygen atoms in total. The van der Waals surface area contributed by atoms with E-state index in [4.69, 9.17) is 0 Å². The number of fused-ring (bicyclic) bond motifs is 1. The van der Waals surface area contributed by atoms with E-state index in [1.54, 1.807) is 11.3 Å². The molecule has 3 aromatic rings. The number of amides is 1. The average Bonchev–Trinajstić information content (AvgIpc) is 3.07. The number of aromatic nitrogens is 1. The number of nitrogens with zero attached hydrogens (tertiary/aromatic N) is 1. The summed E-state index contributed by atoms with van der Waals surface area (Å²) < 4.78 is 3.27. The standard InChI is InChI=1S/C20H22N2OS/c1-14(2)9-10-22-17-11-15(3)24-19(17)12-18(22)20(23)21-13-16-7-5-4-6-8-16/h4-9,11-12H,10,13H2,1-3H3,(H,21,23). The van der Waals surface area contributed by atoms with Crippen LogP contribution in [0.5, 0.6) is 0 Å². The van der Waals surface area contributed by atoms with E-state index in [-0.39, 0.29) is 5.91 Å². The van der Waals surface area contributed by atoms with Crippen LogP contribution in [-0.2, 0) is 13.1 Å². The van der Waals surface area contributed by atoms with E-state index in [0.717, 1.165) is 23.3 Å². The minimum Gasteiger partial charge on any atom is -0.347 e. The smallest absolute Gasteiger partial charge is 0.268 e. The van der Waals surface area contributed by atoms with Gasteiger partial charge in [-0.05, 0) is 38.5 Å². The third-order valence-corrected chi connectivity index (χ3v) is 4.91. The van der Waals surface area contributed by atoms with E-state index in [2.05, 4.69) is 42.8 Å². The lowest BCUT2D eigenvalue weighted by Gasteiger charge is -2.09. The van der Waals surface area contributed by atoms with E-state index >= 15 is 0 Å². The van der Waals surface area contributed by atoms with Gasteiger partial charge < -0.3 is 9.88 Å². The quantitative estimate of drug-likeness (QED) is 0.659. The third-order valence-electron chi connectivity index (χ3n) is 3.92. The maximum absolute atomic E-state index is 12.7. The van der Waals surface area contributed by atoms with Crippen molar-refractivity contribution in [2.75, 3.05) is 0 Å². The molecule has 0 fully saturated rings. The molecule has 0 radical (unpaired) electrons. The average molecular weight is 338 g/mol. The normalized spacial score (nSPS) is 10.8. The van der Waals surface area contributed by atoms with Gasteiger partial charge in [0.05, 0.1) is 10.2 Å². The number of allylic oxidation sites excluding steroid dienone is 2. The number of nitrogens with one attached hydrogen (secondary N) is 1. The Morgan fingerprint density at radius 2 is 1.96 bits per heavy atom. The summed E-state index contributed by atoms with van der Waals surface area (Å²) in [5.41, 5.74) is 4.22. The first-order chi connectivity index (χ1) is 11.5. The number of hydrogen-bond donors (Lipinski definition) is 1. The first kappa shape index (κ1) is 16.5. The van der Waals surface area contributed by atoms with Gasteiger partial charge in [-0.25, -0.2) is 0 Å². The van der Waals surface area contributed by atoms with E-state index in [9.17, 15) is 4.79 Å². The van der Waals surface area contributed by atoms with Crippen LogP contribution in [0.4, 0.5) is 0 Å². The molecule has 124 valence electrons. The zero-order valence-corrected chi connectivity index (χ0v) is 15.1. The molecule has 0 bridgehead atoms. The van der Waals surface area contributed by atoms with E-state index < -0.39 is 0 Å². The lowest BCUT2D eigenvalue weighted by Crippen LogP contribution is -2.25. The predicted octanol–water partition coefficient (Wildman–Crippen LogP) is 4.91. The van der Waals surface area contributed by atoms with Crippen LogP contribution in [0.25, 0.3) is 10.2 Å². The molecule has 0 unspecified atom stereocenters. The van der Waals surface area contributed by atoms with Crippen molar-refractivity contribution in [3.8, 4) is 0 Å². The summed E-state index contributed by atoms with van der Waals surface area (Å²) in [5, 5.41) is 3.03. The second-order valence-electron chi connectivity index (χ2n) is 6.20. The van der Waals surface area contributed by atoms with E-state index in [1.807, 2.05) is 36.4 Å². The Bertz CT molecular complexity index is 883. The van der Waals surface area contributed by atoms with Crippen LogP contribution >= 0.6 is 11.3 Å². The molecule has 0 aliphatic rings. The zero-order valence-electron chi connectivity index (χ0n) is 14.3. The minimum absolute atomic E-state index is 0.0259. The summed E-state index contributed by atoms with van der Waals surface area (Å²) in [7, 11) is 0. The second kappa shape index (κ2) is 7.05. The Morgan fingerprint density at radius 3 is 2.67 bits per heavy atom. The number of rotatable bonds is 5. The summed E-state index contributed by atoms with van der Waals surface area (Å²) in [6, 6.07) is 14.1. The topological polar surface area (TPSA) is 34.0 Å². The number of carbonyl (C=O) groups excluding carboxylic acids is 1. The van der Waals surface area contributed by atoms with Gasteiger partial charge in [0.15, 0.2) is 0 Å². The van der Waals surface area contributed by atoms with Crippen LogP contribution in [-0.4, -0.2) is 10.5 Å². The van der Waals surface area contributed by atoms with Gasteiger partial charge >= 0.3 is 0 Å². The molecule has 3 rings (SSSR count). The molecule has 4 heteroatoms. The lowest BCUT2D eigenvalue weighted by molar-refractivity contribution is 0.0942. The van der Waals surface area contributed by atoms with Gasteiger partial charge in [-0.2, -0.15) is 0 Å². The van der Waals surface area contributed by atoms with Crippen molar-refractivity contribution in [3.05, 3.63) is 70.2 Å². The van der Waals surface area contributed by atoms with Crippen molar-refractivity contribution in [2.45, 2.75) is 33.9 Å². The van der Waals surface area contributed by atoms with Crippen molar-refractivity contribution in [3.63, 3.8) is 0 Å². The molecule has 24 heavy (non-hydrogen) atoms. The second-order valence-corrected chi connectivity index (χ2v) is 7.48. The van der Waals surface area contributed by atoms with Gasteiger partial charge in [-0.15, -0.1) is 11.3 Å². The molecule has 0 spiro atoms. The summed E-state index contributed by atoms with van der Waals surface area (Å²) in [5.74, 6) is -0.0259. The Hall–Kier alpha value is -2.33. The van der Waals surface area contributed by atoms with Crippen molar-refractivity contribution >= 4 is 27.5 Å². The number of benzene rings is 1. The highest BCUT2D eigenvalue weighted by Gasteiger charge is 2.16. The lowest BCUT2D eigenvalue weighted by atomic mass is 10.2. The van der Waals surface area contributed by atoms with Crippen molar-refractivity contribution in [1.29, 1.82) is 0 Å². The zero-order chi connectivity index (χ0) is 17.1. The molecular formula is C20H22N2OS. The molecule has 1 N–H and O–H groups in total. The van der Waals surface area contributed by atoms with Crippen LogP contribution in [0.3, 0.4) is 0 Å². The number of thiophene rings is 1. The largest absolute Gasteiger partial charge is 0.347 e. The SMILES string of the molecule is CC(C)=CCn1c(C(=O)NCc2ccccc2)cc2sc(C)cc21. The molecule has 0 atom stereocenters. The number of carbonyl (C=O) groups is 1. The van der Waals surface area contributed by atoms with Crippen molar-refractivity contribution < 1.29 is 4.79 Å². The first-order valence-electron chi connectivity index (χ1n) is 8.10. The first-order valence-corrected chi connectivity index (χ1v) is 8.91. The van der Waals surface area contributed by atoms with Gasteiger partial charge in [0.2, 0.25) is 0 Å². The Balaban J connectivity index is 1.86. The number of hydrogen-bond acceptors (Lipinski definition) is 2. The highest BCUT2D eigenvalue weighted by Crippen LogP contribution is 2.29. The van der Waals surface area contributed by atoms with Crippen LogP contribution in [0, 0.1) is 6.92 Å². The fourth-order valence-electron chi connectivity index (χ4n) is 2.69. The van der Waals surface area contributed by atoms with Crippen molar-refractivity contribution in [2.24, 2.45) is 0 Å². The molecule has 0 saturated heterocycles. The fourth-order valence-corrected chi connectivity index (χ4v) is 3.65. The summed E-state index contributed by atoms with van der Waals surface area (Å²) in [6.07, 6.45) is 2.15. The molecule has 0 saturated carbocycles. The molecule has 1 aromatic carbocycles. The molecule has 1 amide bonds.